The standard InChI is InChI=1S/C9H11N3O2/c10-9(11)12-4-3-6-1-2-7(13)8(14)5-6/h1-2,5H,3-4H2,(H4,10,11,12). The summed E-state index contributed by atoms with van der Waals surface area (Å²) in [6.45, 7) is 0.417. The number of rotatable bonds is 3. The van der Waals surface area contributed by atoms with Crippen LogP contribution in [0.3, 0.4) is 0 Å². The van der Waals surface area contributed by atoms with Gasteiger partial charge in [0.1, 0.15) is 0 Å². The van der Waals surface area contributed by atoms with Crippen LogP contribution in [0.5, 0.6) is 0 Å². The first-order valence-corrected chi connectivity index (χ1v) is 4.12. The Kier molecular flexibility index (Phi) is 3.17. The summed E-state index contributed by atoms with van der Waals surface area (Å²) in [5.74, 6) is -0.962. The lowest BCUT2D eigenvalue weighted by atomic mass is 10.0. The van der Waals surface area contributed by atoms with Crippen LogP contribution in [0.4, 0.5) is 0 Å². The van der Waals surface area contributed by atoms with Crippen LogP contribution in [-0.2, 0) is 9.59 Å². The summed E-state index contributed by atoms with van der Waals surface area (Å²) in [6.07, 6.45) is 4.72. The second-order valence-corrected chi connectivity index (χ2v) is 2.84. The van der Waals surface area contributed by atoms with Gasteiger partial charge in [-0.1, -0.05) is 6.08 Å². The van der Waals surface area contributed by atoms with Crippen molar-refractivity contribution in [2.24, 2.45) is 16.5 Å². The molecule has 14 heavy (non-hydrogen) atoms. The molecule has 74 valence electrons. The minimum absolute atomic E-state index is 0.0211. The van der Waals surface area contributed by atoms with Crippen molar-refractivity contribution < 1.29 is 9.59 Å². The number of hydrogen-bond donors (Lipinski definition) is 2. The fourth-order valence-electron chi connectivity index (χ4n) is 1.02. The van der Waals surface area contributed by atoms with Gasteiger partial charge in [-0.15, -0.1) is 0 Å². The van der Waals surface area contributed by atoms with E-state index < -0.39 is 11.6 Å². The van der Waals surface area contributed by atoms with Crippen LogP contribution in [0, 0.1) is 0 Å². The van der Waals surface area contributed by atoms with E-state index in [1.54, 1.807) is 6.08 Å². The van der Waals surface area contributed by atoms with Crippen molar-refractivity contribution in [3.8, 4) is 0 Å². The third kappa shape index (κ3) is 2.85. The first-order valence-electron chi connectivity index (χ1n) is 4.12. The van der Waals surface area contributed by atoms with E-state index in [-0.39, 0.29) is 5.96 Å². The summed E-state index contributed by atoms with van der Waals surface area (Å²) in [7, 11) is 0. The first-order chi connectivity index (χ1) is 6.59. The maximum Gasteiger partial charge on any atom is 0.225 e. The molecule has 0 fully saturated rings. The average Bonchev–Trinajstić information content (AvgIpc) is 2.10. The summed E-state index contributed by atoms with van der Waals surface area (Å²) in [5.41, 5.74) is 11.0. The number of carbonyl (C=O) groups excluding carboxylic acids is 2. The summed E-state index contributed by atoms with van der Waals surface area (Å²) < 4.78 is 0. The molecule has 4 N–H and O–H groups in total. The molecule has 1 aliphatic rings. The van der Waals surface area contributed by atoms with Crippen molar-refractivity contribution in [1.82, 2.24) is 0 Å². The zero-order valence-electron chi connectivity index (χ0n) is 7.56. The van der Waals surface area contributed by atoms with E-state index in [0.29, 0.717) is 13.0 Å². The van der Waals surface area contributed by atoms with Crippen molar-refractivity contribution in [3.63, 3.8) is 0 Å². The van der Waals surface area contributed by atoms with Gasteiger partial charge in [0.25, 0.3) is 0 Å². The SMILES string of the molecule is NC(N)=NCCC1=CC(=O)C(=O)C=C1. The van der Waals surface area contributed by atoms with E-state index in [0.717, 1.165) is 5.57 Å². The number of guanidine groups is 1. The zero-order chi connectivity index (χ0) is 10.6. The summed E-state index contributed by atoms with van der Waals surface area (Å²) >= 11 is 0. The van der Waals surface area contributed by atoms with Crippen LogP contribution in [0.15, 0.2) is 28.8 Å². The van der Waals surface area contributed by atoms with Crippen molar-refractivity contribution in [2.75, 3.05) is 6.54 Å². The molecule has 0 heterocycles. The van der Waals surface area contributed by atoms with Crippen LogP contribution in [-0.4, -0.2) is 24.1 Å². The Balaban J connectivity index is 2.52. The third-order valence-corrected chi connectivity index (χ3v) is 1.70. The van der Waals surface area contributed by atoms with Gasteiger partial charge in [0.05, 0.1) is 0 Å². The van der Waals surface area contributed by atoms with Crippen molar-refractivity contribution in [3.05, 3.63) is 23.8 Å². The first kappa shape index (κ1) is 10.2. The molecule has 0 bridgehead atoms. The predicted molar refractivity (Wildman–Crippen MR) is 52.5 cm³/mol. The third-order valence-electron chi connectivity index (χ3n) is 1.70. The van der Waals surface area contributed by atoms with Gasteiger partial charge in [0.2, 0.25) is 11.6 Å². The number of nitrogens with two attached hydrogens (primary N) is 2. The molecule has 1 aliphatic carbocycles. The molecule has 0 saturated heterocycles. The molecule has 0 unspecified atom stereocenters. The number of hydrogen-bond acceptors (Lipinski definition) is 3. The van der Waals surface area contributed by atoms with Gasteiger partial charge in [-0.2, -0.15) is 0 Å². The Morgan fingerprint density at radius 1 is 1.21 bits per heavy atom. The molecule has 0 radical (unpaired) electrons. The Bertz CT molecular complexity index is 349. The van der Waals surface area contributed by atoms with Gasteiger partial charge in [0.15, 0.2) is 5.96 Å². The molecule has 1 rings (SSSR count). The molecule has 0 aromatic rings. The highest BCUT2D eigenvalue weighted by molar-refractivity contribution is 6.46. The molecule has 0 saturated carbocycles. The topological polar surface area (TPSA) is 98.5 Å². The van der Waals surface area contributed by atoms with Gasteiger partial charge in [-0.25, -0.2) is 0 Å². The monoisotopic (exact) mass is 193 g/mol. The van der Waals surface area contributed by atoms with Crippen LogP contribution in [0.1, 0.15) is 6.42 Å². The van der Waals surface area contributed by atoms with Crippen LogP contribution >= 0.6 is 0 Å². The van der Waals surface area contributed by atoms with Gasteiger partial charge >= 0.3 is 0 Å². The number of aliphatic imine (C=N–C) groups is 1. The Morgan fingerprint density at radius 3 is 2.50 bits per heavy atom. The fourth-order valence-corrected chi connectivity index (χ4v) is 1.02. The van der Waals surface area contributed by atoms with E-state index in [1.807, 2.05) is 0 Å². The number of nitrogens with zero attached hydrogens (tertiary/aromatic N) is 1. The van der Waals surface area contributed by atoms with E-state index in [4.69, 9.17) is 11.5 Å². The Morgan fingerprint density at radius 2 is 1.93 bits per heavy atom. The second-order valence-electron chi connectivity index (χ2n) is 2.84. The van der Waals surface area contributed by atoms with Gasteiger partial charge in [-0.3, -0.25) is 14.6 Å². The lowest BCUT2D eigenvalue weighted by Gasteiger charge is -2.03. The van der Waals surface area contributed by atoms with Gasteiger partial charge in [0, 0.05) is 6.54 Å². The van der Waals surface area contributed by atoms with Crippen molar-refractivity contribution in [2.45, 2.75) is 6.42 Å². The summed E-state index contributed by atoms with van der Waals surface area (Å²) in [4.78, 5) is 25.5. The normalized spacial score (nSPS) is 15.3. The van der Waals surface area contributed by atoms with E-state index in [2.05, 4.69) is 4.99 Å². The second kappa shape index (κ2) is 4.36. The molecular weight excluding hydrogens is 182 g/mol. The minimum Gasteiger partial charge on any atom is -0.370 e. The molecule has 5 nitrogen and oxygen atoms in total. The van der Waals surface area contributed by atoms with Gasteiger partial charge < -0.3 is 11.5 Å². The largest absolute Gasteiger partial charge is 0.370 e. The molecule has 0 atom stereocenters. The quantitative estimate of drug-likeness (QED) is 0.267. The Hall–Kier alpha value is -1.91. The van der Waals surface area contributed by atoms with E-state index in [9.17, 15) is 9.59 Å². The van der Waals surface area contributed by atoms with Crippen LogP contribution < -0.4 is 11.5 Å². The maximum absolute atomic E-state index is 10.9. The maximum atomic E-state index is 10.9. The smallest absolute Gasteiger partial charge is 0.225 e. The summed E-state index contributed by atoms with van der Waals surface area (Å²) in [6, 6.07) is 0. The lowest BCUT2D eigenvalue weighted by Crippen LogP contribution is -2.23. The zero-order valence-corrected chi connectivity index (χ0v) is 7.56. The molecular formula is C9H11N3O2. The summed E-state index contributed by atoms with van der Waals surface area (Å²) in [5, 5.41) is 0. The average molecular weight is 193 g/mol. The van der Waals surface area contributed by atoms with E-state index >= 15 is 0 Å². The highest BCUT2D eigenvalue weighted by Gasteiger charge is 2.12. The van der Waals surface area contributed by atoms with Gasteiger partial charge in [-0.05, 0) is 24.1 Å². The molecule has 0 amide bonds. The fraction of sp³-hybridized carbons (Fsp3) is 0.222. The number of carbonyl (C=O) groups is 2. The van der Waals surface area contributed by atoms with Crippen LogP contribution in [0.2, 0.25) is 0 Å². The van der Waals surface area contributed by atoms with Crippen molar-refractivity contribution >= 4 is 17.5 Å². The number of ketones is 2. The van der Waals surface area contributed by atoms with Crippen molar-refractivity contribution in [1.29, 1.82) is 0 Å². The Labute approximate surface area is 81.2 Å². The predicted octanol–water partition coefficient (Wildman–Crippen LogP) is -0.716. The highest BCUT2D eigenvalue weighted by atomic mass is 16.2. The van der Waals surface area contributed by atoms with E-state index in [1.165, 1.54) is 12.2 Å². The van der Waals surface area contributed by atoms with Crippen LogP contribution in [0.25, 0.3) is 0 Å². The highest BCUT2D eigenvalue weighted by Crippen LogP contribution is 2.08. The molecule has 0 aromatic carbocycles. The molecule has 5 heteroatoms. The number of allylic oxidation sites excluding steroid dienone is 3. The minimum atomic E-state index is -0.493. The lowest BCUT2D eigenvalue weighted by molar-refractivity contribution is -0.131. The molecule has 0 aliphatic heterocycles. The molecule has 0 spiro atoms. The molecule has 0 aromatic heterocycles.